The van der Waals surface area contributed by atoms with Crippen LogP contribution in [-0.4, -0.2) is 44.7 Å². The average molecular weight is 409 g/mol. The van der Waals surface area contributed by atoms with Gasteiger partial charge in [0.05, 0.1) is 0 Å². The molecule has 2 amide bonds. The van der Waals surface area contributed by atoms with Crippen LogP contribution < -0.4 is 15.5 Å². The molecule has 1 aromatic carbocycles. The molecule has 3 aromatic rings. The van der Waals surface area contributed by atoms with Crippen LogP contribution in [0.15, 0.2) is 55.1 Å². The highest BCUT2D eigenvalue weighted by Gasteiger charge is 2.25. The number of nitrogens with one attached hydrogen (secondary N) is 2. The number of hydrogen-bond donors (Lipinski definition) is 2. The lowest BCUT2D eigenvalue weighted by atomic mass is 10.0. The van der Waals surface area contributed by atoms with E-state index in [-0.39, 0.29) is 17.9 Å². The van der Waals surface area contributed by atoms with E-state index in [1.807, 2.05) is 11.6 Å². The first-order chi connectivity index (χ1) is 14.6. The van der Waals surface area contributed by atoms with Gasteiger partial charge >= 0.3 is 6.03 Å². The monoisotopic (exact) mass is 409 g/mol. The summed E-state index contributed by atoms with van der Waals surface area (Å²) in [4.78, 5) is 27.8. The number of benzene rings is 1. The highest BCUT2D eigenvalue weighted by molar-refractivity contribution is 5.75. The predicted molar refractivity (Wildman–Crippen MR) is 110 cm³/mol. The molecular weight excluding hydrogens is 385 g/mol. The first-order valence-electron chi connectivity index (χ1n) is 9.92. The fourth-order valence-electron chi connectivity index (χ4n) is 3.67. The first kappa shape index (κ1) is 19.8. The van der Waals surface area contributed by atoms with Crippen molar-refractivity contribution in [2.75, 3.05) is 18.0 Å². The Hall–Kier alpha value is -3.49. The Labute approximate surface area is 174 Å². The predicted octanol–water partition coefficient (Wildman–Crippen LogP) is 2.41. The number of urea groups is 1. The Balaban J connectivity index is 1.39. The number of nitrogens with zero attached hydrogens (tertiary/aromatic N) is 5. The van der Waals surface area contributed by atoms with E-state index in [1.54, 1.807) is 43.0 Å². The minimum absolute atomic E-state index is 0.0412. The van der Waals surface area contributed by atoms with Gasteiger partial charge in [-0.3, -0.25) is 0 Å². The number of hydrogen-bond acceptors (Lipinski definition) is 5. The van der Waals surface area contributed by atoms with Gasteiger partial charge in [0.1, 0.15) is 17.7 Å². The van der Waals surface area contributed by atoms with Crippen LogP contribution in [0.1, 0.15) is 30.3 Å². The van der Waals surface area contributed by atoms with E-state index >= 15 is 0 Å². The Morgan fingerprint density at radius 3 is 2.57 bits per heavy atom. The van der Waals surface area contributed by atoms with Crippen molar-refractivity contribution in [1.82, 2.24) is 30.2 Å². The topological polar surface area (TPSA) is 88.0 Å². The van der Waals surface area contributed by atoms with Gasteiger partial charge in [0.25, 0.3) is 0 Å². The van der Waals surface area contributed by atoms with Crippen molar-refractivity contribution in [2.45, 2.75) is 24.9 Å². The summed E-state index contributed by atoms with van der Waals surface area (Å²) in [5.41, 5.74) is 0.635. The largest absolute Gasteiger partial charge is 0.341 e. The molecule has 1 atom stereocenters. The van der Waals surface area contributed by atoms with Crippen LogP contribution in [0.4, 0.5) is 15.1 Å². The highest BCUT2D eigenvalue weighted by atomic mass is 19.1. The number of aromatic nitrogens is 4. The third-order valence-electron chi connectivity index (χ3n) is 5.24. The standard InChI is InChI=1S/C21H24FN7O/c1-28-13-10-23-19(28)18(15-4-2-5-16(22)14-15)27-21(30)26-17-6-11-29(12-7-17)20-24-8-3-9-25-20/h2-5,8-10,13-14,17-18H,6-7,11-12H2,1H3,(H2,26,27,30). The summed E-state index contributed by atoms with van der Waals surface area (Å²) in [7, 11) is 1.84. The smallest absolute Gasteiger partial charge is 0.315 e. The van der Waals surface area contributed by atoms with Gasteiger partial charge in [-0.05, 0) is 36.6 Å². The number of imidazole rings is 1. The van der Waals surface area contributed by atoms with Gasteiger partial charge in [0, 0.05) is 51.0 Å². The van der Waals surface area contributed by atoms with Crippen molar-refractivity contribution in [3.05, 3.63) is 72.3 Å². The number of carbonyl (C=O) groups excluding carboxylic acids is 1. The average Bonchev–Trinajstić information content (AvgIpc) is 3.19. The maximum atomic E-state index is 13.8. The summed E-state index contributed by atoms with van der Waals surface area (Å²) in [6, 6.07) is 7.17. The Bertz CT molecular complexity index is 986. The second-order valence-corrected chi connectivity index (χ2v) is 7.31. The summed E-state index contributed by atoms with van der Waals surface area (Å²) in [6.45, 7) is 1.53. The zero-order chi connectivity index (χ0) is 20.9. The van der Waals surface area contributed by atoms with Crippen LogP contribution in [-0.2, 0) is 7.05 Å². The van der Waals surface area contributed by atoms with Gasteiger partial charge in [-0.2, -0.15) is 0 Å². The van der Waals surface area contributed by atoms with Crippen molar-refractivity contribution < 1.29 is 9.18 Å². The number of aryl methyl sites for hydroxylation is 1. The molecule has 1 aliphatic heterocycles. The molecule has 1 saturated heterocycles. The van der Waals surface area contributed by atoms with Gasteiger partial charge < -0.3 is 20.1 Å². The number of amides is 2. The normalized spacial score (nSPS) is 15.6. The van der Waals surface area contributed by atoms with Gasteiger partial charge in [-0.15, -0.1) is 0 Å². The van der Waals surface area contributed by atoms with Crippen LogP contribution in [0.5, 0.6) is 0 Å². The van der Waals surface area contributed by atoms with Crippen molar-refractivity contribution in [3.8, 4) is 0 Å². The molecule has 9 heteroatoms. The molecule has 0 aliphatic carbocycles. The molecule has 3 heterocycles. The zero-order valence-corrected chi connectivity index (χ0v) is 16.7. The van der Waals surface area contributed by atoms with Crippen molar-refractivity contribution >= 4 is 12.0 Å². The number of anilines is 1. The molecule has 2 aromatic heterocycles. The summed E-state index contributed by atoms with van der Waals surface area (Å²) < 4.78 is 15.6. The van der Waals surface area contributed by atoms with Crippen molar-refractivity contribution in [2.24, 2.45) is 7.05 Å². The molecule has 1 fully saturated rings. The van der Waals surface area contributed by atoms with Crippen molar-refractivity contribution in [1.29, 1.82) is 0 Å². The Morgan fingerprint density at radius 2 is 1.90 bits per heavy atom. The fraction of sp³-hybridized carbons (Fsp3) is 0.333. The third kappa shape index (κ3) is 4.56. The molecule has 1 aliphatic rings. The molecule has 4 rings (SSSR count). The molecule has 1 unspecified atom stereocenters. The molecule has 2 N–H and O–H groups in total. The Kier molecular flexibility index (Phi) is 5.87. The lowest BCUT2D eigenvalue weighted by Gasteiger charge is -2.32. The van der Waals surface area contributed by atoms with E-state index in [0.29, 0.717) is 17.3 Å². The van der Waals surface area contributed by atoms with Crippen LogP contribution in [0, 0.1) is 5.82 Å². The molecule has 0 radical (unpaired) electrons. The van der Waals surface area contributed by atoms with E-state index < -0.39 is 6.04 Å². The lowest BCUT2D eigenvalue weighted by molar-refractivity contribution is 0.231. The number of carbonyl (C=O) groups is 1. The fourth-order valence-corrected chi connectivity index (χ4v) is 3.67. The summed E-state index contributed by atoms with van der Waals surface area (Å²) >= 11 is 0. The molecule has 0 saturated carbocycles. The minimum Gasteiger partial charge on any atom is -0.341 e. The maximum Gasteiger partial charge on any atom is 0.315 e. The number of rotatable bonds is 5. The summed E-state index contributed by atoms with van der Waals surface area (Å²) in [5, 5.41) is 5.99. The first-order valence-corrected chi connectivity index (χ1v) is 9.92. The number of piperidine rings is 1. The third-order valence-corrected chi connectivity index (χ3v) is 5.24. The van der Waals surface area contributed by atoms with Crippen molar-refractivity contribution in [3.63, 3.8) is 0 Å². The van der Waals surface area contributed by atoms with Crippen LogP contribution >= 0.6 is 0 Å². The van der Waals surface area contributed by atoms with Gasteiger partial charge in [-0.1, -0.05) is 12.1 Å². The zero-order valence-electron chi connectivity index (χ0n) is 16.7. The van der Waals surface area contributed by atoms with Gasteiger partial charge in [0.15, 0.2) is 0 Å². The van der Waals surface area contributed by atoms with E-state index in [1.165, 1.54) is 12.1 Å². The summed E-state index contributed by atoms with van der Waals surface area (Å²) in [5.74, 6) is 0.984. The van der Waals surface area contributed by atoms with E-state index in [0.717, 1.165) is 25.9 Å². The van der Waals surface area contributed by atoms with Crippen LogP contribution in [0.25, 0.3) is 0 Å². The second kappa shape index (κ2) is 8.89. The molecule has 0 bridgehead atoms. The quantitative estimate of drug-likeness (QED) is 0.676. The van der Waals surface area contributed by atoms with Crippen LogP contribution in [0.2, 0.25) is 0 Å². The number of halogens is 1. The minimum atomic E-state index is -0.557. The van der Waals surface area contributed by atoms with Gasteiger partial charge in [-0.25, -0.2) is 24.1 Å². The molecule has 156 valence electrons. The Morgan fingerprint density at radius 1 is 1.13 bits per heavy atom. The highest BCUT2D eigenvalue weighted by Crippen LogP contribution is 2.21. The lowest BCUT2D eigenvalue weighted by Crippen LogP contribution is -2.49. The molecular formula is C21H24FN7O. The maximum absolute atomic E-state index is 13.8. The van der Waals surface area contributed by atoms with E-state index in [4.69, 9.17) is 0 Å². The molecule has 8 nitrogen and oxygen atoms in total. The van der Waals surface area contributed by atoms with Gasteiger partial charge in [0.2, 0.25) is 5.95 Å². The molecule has 0 spiro atoms. The van der Waals surface area contributed by atoms with E-state index in [2.05, 4.69) is 30.5 Å². The SMILES string of the molecule is Cn1ccnc1C(NC(=O)NC1CCN(c2ncccn2)CC1)c1cccc(F)c1. The summed E-state index contributed by atoms with van der Waals surface area (Å²) in [6.07, 6.45) is 8.48. The molecule has 30 heavy (non-hydrogen) atoms. The second-order valence-electron chi connectivity index (χ2n) is 7.31. The van der Waals surface area contributed by atoms with Crippen LogP contribution in [0.3, 0.4) is 0 Å². The van der Waals surface area contributed by atoms with E-state index in [9.17, 15) is 9.18 Å².